The van der Waals surface area contributed by atoms with Gasteiger partial charge in [0.25, 0.3) is 0 Å². The molecule has 1 aromatic carbocycles. The molecule has 2 aliphatic heterocycles. The second-order valence-electron chi connectivity index (χ2n) is 12.0. The Balaban J connectivity index is 1.83. The maximum atomic E-state index is 13.6. The van der Waals surface area contributed by atoms with Crippen LogP contribution in [0.5, 0.6) is 0 Å². The topological polar surface area (TPSA) is 118 Å². The minimum absolute atomic E-state index is 0.0459. The quantitative estimate of drug-likeness (QED) is 0.518. The van der Waals surface area contributed by atoms with E-state index in [-0.39, 0.29) is 24.3 Å². The van der Waals surface area contributed by atoms with E-state index in [1.54, 1.807) is 32.9 Å². The first-order chi connectivity index (χ1) is 18.3. The Morgan fingerprint density at radius 1 is 1.15 bits per heavy atom. The summed E-state index contributed by atoms with van der Waals surface area (Å²) in [4.78, 5) is 28.3. The molecule has 2 saturated heterocycles. The van der Waals surface area contributed by atoms with E-state index in [0.717, 1.165) is 5.56 Å². The zero-order valence-corrected chi connectivity index (χ0v) is 24.4. The summed E-state index contributed by atoms with van der Waals surface area (Å²) >= 11 is 0. The van der Waals surface area contributed by atoms with Gasteiger partial charge in [0, 0.05) is 39.6 Å². The normalized spacial score (nSPS) is 37.7. The number of hydrogen-bond donors (Lipinski definition) is 3. The Morgan fingerprint density at radius 3 is 2.51 bits per heavy atom. The average Bonchev–Trinajstić information content (AvgIpc) is 2.89. The monoisotopic (exact) mass is 548 g/mol. The molecule has 9 nitrogen and oxygen atoms in total. The van der Waals surface area contributed by atoms with E-state index < -0.39 is 41.7 Å². The maximum Gasteiger partial charge on any atom is 0.225 e. The van der Waals surface area contributed by atoms with Crippen molar-refractivity contribution in [3.63, 3.8) is 0 Å². The second kappa shape index (κ2) is 13.5. The predicted octanol–water partition coefficient (Wildman–Crippen LogP) is 2.81. The first kappa shape index (κ1) is 31.5. The van der Waals surface area contributed by atoms with Crippen molar-refractivity contribution < 1.29 is 34.0 Å². The van der Waals surface area contributed by atoms with E-state index in [1.807, 2.05) is 44.2 Å². The van der Waals surface area contributed by atoms with E-state index in [2.05, 4.69) is 5.32 Å². The van der Waals surface area contributed by atoms with E-state index in [9.17, 15) is 19.8 Å². The standard InChI is InChI=1S/C30H48N2O7/c1-20-24(39-26-19-30(4,37-6)27(34)21(2)38-26)13-15-29(3,36)14-10-16-32(5)25(33)18-23(31-28(20)35)17-22-11-8-7-9-12-22/h7-9,11-12,20-21,23-24,26-27,34,36H,10,13-19H2,1-6H3,(H,31,35)/t20?,21-,23-,24-,26-,27-,29+,30+/m0/s1. The molecule has 0 bridgehead atoms. The highest BCUT2D eigenvalue weighted by Gasteiger charge is 2.46. The van der Waals surface area contributed by atoms with Gasteiger partial charge in [0.2, 0.25) is 11.8 Å². The molecule has 0 aliphatic carbocycles. The molecule has 1 aromatic rings. The maximum absolute atomic E-state index is 13.6. The van der Waals surface area contributed by atoms with E-state index in [1.165, 1.54) is 0 Å². The highest BCUT2D eigenvalue weighted by atomic mass is 16.7. The number of methoxy groups -OCH3 is 1. The Labute approximate surface area is 233 Å². The van der Waals surface area contributed by atoms with Gasteiger partial charge in [0.1, 0.15) is 6.10 Å². The summed E-state index contributed by atoms with van der Waals surface area (Å²) in [7, 11) is 3.32. The molecule has 3 N–H and O–H groups in total. The fourth-order valence-corrected chi connectivity index (χ4v) is 5.57. The summed E-state index contributed by atoms with van der Waals surface area (Å²) in [5.74, 6) is -0.837. The van der Waals surface area contributed by atoms with Crippen LogP contribution in [0, 0.1) is 5.92 Å². The second-order valence-corrected chi connectivity index (χ2v) is 12.0. The number of nitrogens with zero attached hydrogens (tertiary/aromatic N) is 1. The van der Waals surface area contributed by atoms with Gasteiger partial charge in [0.15, 0.2) is 6.29 Å². The zero-order valence-electron chi connectivity index (χ0n) is 24.4. The molecular formula is C30H48N2O7. The molecule has 8 atom stereocenters. The van der Waals surface area contributed by atoms with Gasteiger partial charge in [0.05, 0.1) is 29.3 Å². The third kappa shape index (κ3) is 8.72. The van der Waals surface area contributed by atoms with Crippen LogP contribution in [0.3, 0.4) is 0 Å². The van der Waals surface area contributed by atoms with Crippen molar-refractivity contribution in [3.8, 4) is 0 Å². The van der Waals surface area contributed by atoms with Crippen LogP contribution in [-0.4, -0.2) is 89.5 Å². The van der Waals surface area contributed by atoms with Gasteiger partial charge in [-0.3, -0.25) is 9.59 Å². The molecule has 2 heterocycles. The molecule has 0 spiro atoms. The highest BCUT2D eigenvalue weighted by Crippen LogP contribution is 2.34. The number of aliphatic hydroxyl groups is 2. The number of nitrogens with one attached hydrogen (secondary N) is 1. The number of rotatable bonds is 5. The van der Waals surface area contributed by atoms with Crippen molar-refractivity contribution in [1.82, 2.24) is 10.2 Å². The lowest BCUT2D eigenvalue weighted by Crippen LogP contribution is -2.57. The van der Waals surface area contributed by atoms with Crippen LogP contribution in [0.4, 0.5) is 0 Å². The van der Waals surface area contributed by atoms with Crippen molar-refractivity contribution in [2.45, 2.75) is 114 Å². The molecule has 3 rings (SSSR count). The van der Waals surface area contributed by atoms with Crippen molar-refractivity contribution in [1.29, 1.82) is 0 Å². The van der Waals surface area contributed by atoms with Crippen molar-refractivity contribution in [2.24, 2.45) is 5.92 Å². The molecule has 2 fully saturated rings. The fourth-order valence-electron chi connectivity index (χ4n) is 5.57. The molecule has 0 aromatic heterocycles. The highest BCUT2D eigenvalue weighted by molar-refractivity contribution is 5.81. The van der Waals surface area contributed by atoms with Gasteiger partial charge < -0.3 is 34.6 Å². The predicted molar refractivity (Wildman–Crippen MR) is 148 cm³/mol. The lowest BCUT2D eigenvalue weighted by atomic mass is 9.87. The number of benzene rings is 1. The zero-order chi connectivity index (χ0) is 28.8. The lowest BCUT2D eigenvalue weighted by molar-refractivity contribution is -0.291. The first-order valence-electron chi connectivity index (χ1n) is 14.2. The molecule has 220 valence electrons. The van der Waals surface area contributed by atoms with Crippen molar-refractivity contribution >= 4 is 11.8 Å². The number of amides is 2. The minimum atomic E-state index is -0.973. The third-order valence-electron chi connectivity index (χ3n) is 8.47. The minimum Gasteiger partial charge on any atom is -0.390 e. The van der Waals surface area contributed by atoms with Crippen LogP contribution in [-0.2, 0) is 30.2 Å². The van der Waals surface area contributed by atoms with Gasteiger partial charge in [-0.05, 0) is 58.4 Å². The van der Waals surface area contributed by atoms with E-state index >= 15 is 0 Å². The Hall–Kier alpha value is -2.04. The van der Waals surface area contributed by atoms with Crippen molar-refractivity contribution in [3.05, 3.63) is 35.9 Å². The van der Waals surface area contributed by atoms with Gasteiger partial charge >= 0.3 is 0 Å². The van der Waals surface area contributed by atoms with Gasteiger partial charge in [-0.2, -0.15) is 0 Å². The molecule has 9 heteroatoms. The lowest BCUT2D eigenvalue weighted by Gasteiger charge is -2.45. The average molecular weight is 549 g/mol. The van der Waals surface area contributed by atoms with E-state index in [4.69, 9.17) is 14.2 Å². The molecule has 0 saturated carbocycles. The molecule has 2 aliphatic rings. The Bertz CT molecular complexity index is 942. The van der Waals surface area contributed by atoms with Gasteiger partial charge in [-0.1, -0.05) is 37.3 Å². The molecule has 39 heavy (non-hydrogen) atoms. The van der Waals surface area contributed by atoms with Crippen LogP contribution >= 0.6 is 0 Å². The fraction of sp³-hybridized carbons (Fsp3) is 0.733. The van der Waals surface area contributed by atoms with Crippen molar-refractivity contribution in [2.75, 3.05) is 20.7 Å². The van der Waals surface area contributed by atoms with Crippen LogP contribution in [0.1, 0.15) is 71.8 Å². The van der Waals surface area contributed by atoms with Crippen LogP contribution in [0.2, 0.25) is 0 Å². The Morgan fingerprint density at radius 2 is 1.85 bits per heavy atom. The summed E-state index contributed by atoms with van der Waals surface area (Å²) in [6, 6.07) is 9.44. The number of carbonyl (C=O) groups is 2. The summed E-state index contributed by atoms with van der Waals surface area (Å²) in [5, 5.41) is 24.8. The van der Waals surface area contributed by atoms with E-state index in [0.29, 0.717) is 45.1 Å². The summed E-state index contributed by atoms with van der Waals surface area (Å²) in [6.45, 7) is 7.72. The molecule has 1 unspecified atom stereocenters. The third-order valence-corrected chi connectivity index (χ3v) is 8.47. The van der Waals surface area contributed by atoms with Crippen LogP contribution in [0.15, 0.2) is 30.3 Å². The first-order valence-corrected chi connectivity index (χ1v) is 14.2. The smallest absolute Gasteiger partial charge is 0.225 e. The summed E-state index contributed by atoms with van der Waals surface area (Å²) in [6.07, 6.45) is 0.499. The largest absolute Gasteiger partial charge is 0.390 e. The Kier molecular flexibility index (Phi) is 10.9. The molecule has 2 amide bonds. The summed E-state index contributed by atoms with van der Waals surface area (Å²) < 4.78 is 18.0. The number of ether oxygens (including phenoxy) is 3. The molecular weight excluding hydrogens is 500 g/mol. The number of carbonyl (C=O) groups excluding carboxylic acids is 2. The summed E-state index contributed by atoms with van der Waals surface area (Å²) in [5.41, 5.74) is -0.786. The number of hydrogen-bond acceptors (Lipinski definition) is 7. The van der Waals surface area contributed by atoms with Gasteiger partial charge in [-0.15, -0.1) is 0 Å². The van der Waals surface area contributed by atoms with Crippen LogP contribution < -0.4 is 5.32 Å². The molecule has 0 radical (unpaired) electrons. The number of aliphatic hydroxyl groups excluding tert-OH is 1. The van der Waals surface area contributed by atoms with Gasteiger partial charge in [-0.25, -0.2) is 0 Å². The SMILES string of the molecule is CO[C@]1(C)C[C@H](O[C@H]2CC[C@](C)(O)CCCN(C)C(=O)C[C@H](Cc3ccccc3)NC(=O)C2C)O[C@@H](C)[C@@H]1O. The van der Waals surface area contributed by atoms with Crippen LogP contribution in [0.25, 0.3) is 0 Å².